The molecule has 0 spiro atoms. The number of allylic oxidation sites excluding steroid dienone is 2. The molecule has 4 fully saturated rings. The van der Waals surface area contributed by atoms with Crippen LogP contribution in [0, 0.1) is 23.7 Å². The van der Waals surface area contributed by atoms with Crippen molar-refractivity contribution >= 4 is 11.8 Å². The molecule has 2 heterocycles. The SMILES string of the molecule is C(=CC1CCC(C2=NC3CCCCC3O2)CC1)C1CCC(C2=NC3CCCCC3O2)CC1. The molecule has 0 radical (unpaired) electrons. The van der Waals surface area contributed by atoms with E-state index in [1.807, 2.05) is 0 Å². The van der Waals surface area contributed by atoms with Gasteiger partial charge in [0.2, 0.25) is 0 Å². The molecule has 4 heteroatoms. The molecule has 176 valence electrons. The lowest BCUT2D eigenvalue weighted by Gasteiger charge is -2.29. The van der Waals surface area contributed by atoms with Crippen LogP contribution in [0.2, 0.25) is 0 Å². The molecule has 0 aromatic rings. The van der Waals surface area contributed by atoms with Gasteiger partial charge in [-0.1, -0.05) is 25.0 Å². The number of hydrogen-bond donors (Lipinski definition) is 0. The van der Waals surface area contributed by atoms with Crippen molar-refractivity contribution in [2.24, 2.45) is 33.7 Å². The molecule has 4 unspecified atom stereocenters. The normalized spacial score (nSPS) is 44.2. The third kappa shape index (κ3) is 4.53. The molecule has 0 N–H and O–H groups in total. The molecular weight excluding hydrogens is 396 g/mol. The van der Waals surface area contributed by atoms with Gasteiger partial charge in [-0.25, -0.2) is 9.98 Å². The predicted molar refractivity (Wildman–Crippen MR) is 129 cm³/mol. The Morgan fingerprint density at radius 3 is 1.31 bits per heavy atom. The van der Waals surface area contributed by atoms with Gasteiger partial charge in [0, 0.05) is 11.8 Å². The Bertz CT molecular complexity index is 681. The van der Waals surface area contributed by atoms with Crippen molar-refractivity contribution in [2.45, 2.75) is 127 Å². The van der Waals surface area contributed by atoms with Crippen molar-refractivity contribution in [3.63, 3.8) is 0 Å². The fraction of sp³-hybridized carbons (Fsp3) is 0.857. The van der Waals surface area contributed by atoms with E-state index in [0.717, 1.165) is 23.6 Å². The highest BCUT2D eigenvalue weighted by molar-refractivity contribution is 5.81. The van der Waals surface area contributed by atoms with Crippen LogP contribution in [-0.4, -0.2) is 36.1 Å². The average Bonchev–Trinajstić information content (AvgIpc) is 3.48. The van der Waals surface area contributed by atoms with Crippen molar-refractivity contribution < 1.29 is 9.47 Å². The highest BCUT2D eigenvalue weighted by Crippen LogP contribution is 2.39. The van der Waals surface area contributed by atoms with Crippen LogP contribution in [0.25, 0.3) is 0 Å². The van der Waals surface area contributed by atoms with Crippen LogP contribution >= 0.6 is 0 Å². The number of fused-ring (bicyclic) bond motifs is 2. The molecule has 2 aliphatic heterocycles. The number of hydrogen-bond acceptors (Lipinski definition) is 4. The summed E-state index contributed by atoms with van der Waals surface area (Å²) >= 11 is 0. The van der Waals surface area contributed by atoms with Crippen molar-refractivity contribution in [2.75, 3.05) is 0 Å². The first-order valence-electron chi connectivity index (χ1n) is 14.0. The zero-order chi connectivity index (χ0) is 21.3. The fourth-order valence-electron chi connectivity index (χ4n) is 7.26. The van der Waals surface area contributed by atoms with Gasteiger partial charge in [0.05, 0.1) is 12.1 Å². The first kappa shape index (κ1) is 21.2. The monoisotopic (exact) mass is 438 g/mol. The van der Waals surface area contributed by atoms with Crippen molar-refractivity contribution in [3.8, 4) is 0 Å². The molecule has 4 nitrogen and oxygen atoms in total. The summed E-state index contributed by atoms with van der Waals surface area (Å²) in [5.74, 6) is 4.96. The molecule has 0 amide bonds. The zero-order valence-corrected chi connectivity index (χ0v) is 19.8. The van der Waals surface area contributed by atoms with Gasteiger partial charge in [-0.15, -0.1) is 0 Å². The van der Waals surface area contributed by atoms with Crippen molar-refractivity contribution in [1.82, 2.24) is 0 Å². The van der Waals surface area contributed by atoms with Crippen LogP contribution in [0.1, 0.15) is 103 Å². The molecular formula is C28H42N2O2. The summed E-state index contributed by atoms with van der Waals surface area (Å²) in [6, 6.07) is 0.965. The van der Waals surface area contributed by atoms with Gasteiger partial charge in [-0.2, -0.15) is 0 Å². The highest BCUT2D eigenvalue weighted by atomic mass is 16.5. The molecule has 0 bridgehead atoms. The van der Waals surface area contributed by atoms with Gasteiger partial charge in [0.25, 0.3) is 0 Å². The first-order chi connectivity index (χ1) is 15.8. The molecule has 4 atom stereocenters. The van der Waals surface area contributed by atoms with Gasteiger partial charge < -0.3 is 9.47 Å². The summed E-state index contributed by atoms with van der Waals surface area (Å²) < 4.78 is 12.6. The molecule has 0 aromatic carbocycles. The lowest BCUT2D eigenvalue weighted by molar-refractivity contribution is 0.140. The molecule has 4 saturated carbocycles. The van der Waals surface area contributed by atoms with E-state index in [4.69, 9.17) is 19.5 Å². The Balaban J connectivity index is 0.938. The summed E-state index contributed by atoms with van der Waals surface area (Å²) in [7, 11) is 0. The summed E-state index contributed by atoms with van der Waals surface area (Å²) in [5, 5.41) is 0. The molecule has 4 aliphatic carbocycles. The summed E-state index contributed by atoms with van der Waals surface area (Å²) in [6.07, 6.45) is 26.5. The Labute approximate surface area is 194 Å². The van der Waals surface area contributed by atoms with Crippen LogP contribution < -0.4 is 0 Å². The van der Waals surface area contributed by atoms with E-state index in [-0.39, 0.29) is 0 Å². The number of ether oxygens (including phenoxy) is 2. The lowest BCUT2D eigenvalue weighted by atomic mass is 9.79. The maximum atomic E-state index is 6.29. The maximum Gasteiger partial charge on any atom is 0.187 e. The summed E-state index contributed by atoms with van der Waals surface area (Å²) in [4.78, 5) is 10.00. The number of rotatable bonds is 4. The smallest absolute Gasteiger partial charge is 0.187 e. The number of aliphatic imine (C=N–C) groups is 2. The van der Waals surface area contributed by atoms with Gasteiger partial charge in [-0.3, -0.25) is 0 Å². The highest BCUT2D eigenvalue weighted by Gasteiger charge is 2.38. The topological polar surface area (TPSA) is 43.2 Å². The fourth-order valence-corrected chi connectivity index (χ4v) is 7.26. The van der Waals surface area contributed by atoms with Crippen LogP contribution in [0.5, 0.6) is 0 Å². The molecule has 6 aliphatic rings. The molecule has 0 aromatic heterocycles. The predicted octanol–water partition coefficient (Wildman–Crippen LogP) is 6.64. The quantitative estimate of drug-likeness (QED) is 0.462. The Kier molecular flexibility index (Phi) is 6.31. The molecule has 0 saturated heterocycles. The first-order valence-corrected chi connectivity index (χ1v) is 14.0. The Morgan fingerprint density at radius 2 is 0.906 bits per heavy atom. The maximum absolute atomic E-state index is 6.29. The van der Waals surface area contributed by atoms with E-state index in [9.17, 15) is 0 Å². The molecule has 32 heavy (non-hydrogen) atoms. The third-order valence-corrected chi connectivity index (χ3v) is 9.36. The van der Waals surface area contributed by atoms with E-state index < -0.39 is 0 Å². The van der Waals surface area contributed by atoms with Gasteiger partial charge in [0.1, 0.15) is 12.2 Å². The minimum Gasteiger partial charge on any atom is -0.475 e. The van der Waals surface area contributed by atoms with E-state index in [1.54, 1.807) is 0 Å². The Hall–Kier alpha value is -1.32. The lowest BCUT2D eigenvalue weighted by Crippen LogP contribution is -2.28. The summed E-state index contributed by atoms with van der Waals surface area (Å²) in [6.45, 7) is 0. The van der Waals surface area contributed by atoms with Gasteiger partial charge in [0.15, 0.2) is 11.8 Å². The molecule has 6 rings (SSSR count). The second-order valence-electron chi connectivity index (χ2n) is 11.6. The van der Waals surface area contributed by atoms with Gasteiger partial charge >= 0.3 is 0 Å². The third-order valence-electron chi connectivity index (χ3n) is 9.36. The van der Waals surface area contributed by atoms with E-state index in [2.05, 4.69) is 12.2 Å². The van der Waals surface area contributed by atoms with Crippen LogP contribution in [0.4, 0.5) is 0 Å². The van der Waals surface area contributed by atoms with E-state index in [1.165, 1.54) is 103 Å². The van der Waals surface area contributed by atoms with E-state index >= 15 is 0 Å². The second kappa shape index (κ2) is 9.50. The van der Waals surface area contributed by atoms with Crippen molar-refractivity contribution in [3.05, 3.63) is 12.2 Å². The van der Waals surface area contributed by atoms with Crippen LogP contribution in [0.15, 0.2) is 22.1 Å². The van der Waals surface area contributed by atoms with Crippen molar-refractivity contribution in [1.29, 1.82) is 0 Å². The standard InChI is InChI=1S/C28H42N2O2/c1-3-7-25-23(5-1)29-27(31-25)21-15-11-19(12-16-21)9-10-20-13-17-22(18-14-20)28-30-24-6-2-4-8-26(24)32-28/h9-10,19-26H,1-8,11-18H2. The average molecular weight is 439 g/mol. The van der Waals surface area contributed by atoms with Crippen LogP contribution in [0.3, 0.4) is 0 Å². The van der Waals surface area contributed by atoms with Gasteiger partial charge in [-0.05, 0) is 102 Å². The van der Waals surface area contributed by atoms with E-state index in [0.29, 0.717) is 36.1 Å². The Morgan fingerprint density at radius 1 is 0.500 bits per heavy atom. The zero-order valence-electron chi connectivity index (χ0n) is 19.8. The number of nitrogens with zero attached hydrogens (tertiary/aromatic N) is 2. The largest absolute Gasteiger partial charge is 0.475 e. The van der Waals surface area contributed by atoms with Crippen LogP contribution in [-0.2, 0) is 9.47 Å². The minimum atomic E-state index is 0.413. The summed E-state index contributed by atoms with van der Waals surface area (Å²) in [5.41, 5.74) is 0. The minimum absolute atomic E-state index is 0.413. The second-order valence-corrected chi connectivity index (χ2v) is 11.6.